The molecular weight excluding hydrogens is 386 g/mol. The molecule has 0 aromatic heterocycles. The van der Waals surface area contributed by atoms with Crippen molar-refractivity contribution in [2.45, 2.75) is 32.7 Å². The number of anilines is 1. The number of barbiturate groups is 1. The normalized spacial score (nSPS) is 30.4. The standard InChI is InChI=1S/C18H20BrN3O3/c1-9-5-10(2)14-18(15(23)20-17(25)21-16(18)24)7-11-6-12(19)3-4-13(11)22(14)8-9/h3-4,6,9-10,14H,5,7-8H2,1-2H3,(H2,20,21,23,24,25)/t9-,10?,14?/m0/s1. The highest BCUT2D eigenvalue weighted by Crippen LogP contribution is 2.49. The highest BCUT2D eigenvalue weighted by atomic mass is 79.9. The van der Waals surface area contributed by atoms with Gasteiger partial charge in [0.15, 0.2) is 5.41 Å². The SMILES string of the molecule is CC1C[C@H](C)CN2c3ccc(Br)cc3CC3(C(=O)NC(=O)NC3=O)C12. The molecule has 1 aromatic carbocycles. The van der Waals surface area contributed by atoms with Crippen LogP contribution in [0.5, 0.6) is 0 Å². The fourth-order valence-corrected chi connectivity index (χ4v) is 5.38. The number of piperidine rings is 1. The third kappa shape index (κ3) is 2.32. The van der Waals surface area contributed by atoms with Crippen LogP contribution in [0.1, 0.15) is 25.8 Å². The van der Waals surface area contributed by atoms with Gasteiger partial charge in [-0.15, -0.1) is 0 Å². The number of nitrogens with one attached hydrogen (secondary N) is 2. The Kier molecular flexibility index (Phi) is 3.68. The van der Waals surface area contributed by atoms with Gasteiger partial charge in [-0.1, -0.05) is 29.8 Å². The lowest BCUT2D eigenvalue weighted by atomic mass is 9.62. The van der Waals surface area contributed by atoms with Crippen LogP contribution < -0.4 is 15.5 Å². The van der Waals surface area contributed by atoms with E-state index in [-0.39, 0.29) is 12.0 Å². The van der Waals surface area contributed by atoms with Crippen molar-refractivity contribution >= 4 is 39.5 Å². The van der Waals surface area contributed by atoms with Gasteiger partial charge in [0.25, 0.3) is 0 Å². The number of imide groups is 2. The van der Waals surface area contributed by atoms with E-state index in [1.165, 1.54) is 0 Å². The molecule has 2 saturated heterocycles. The Morgan fingerprint density at radius 2 is 1.84 bits per heavy atom. The number of rotatable bonds is 0. The Hall–Kier alpha value is -1.89. The zero-order chi connectivity index (χ0) is 17.9. The molecule has 0 radical (unpaired) electrons. The molecule has 2 fully saturated rings. The molecular formula is C18H20BrN3O3. The highest BCUT2D eigenvalue weighted by Gasteiger charge is 2.62. The van der Waals surface area contributed by atoms with E-state index in [1.54, 1.807) is 0 Å². The average molecular weight is 406 g/mol. The van der Waals surface area contributed by atoms with Gasteiger partial charge in [-0.05, 0) is 48.4 Å². The smallest absolute Gasteiger partial charge is 0.328 e. The minimum atomic E-state index is -1.28. The molecule has 25 heavy (non-hydrogen) atoms. The second-order valence-electron chi connectivity index (χ2n) is 7.57. The summed E-state index contributed by atoms with van der Waals surface area (Å²) in [6.45, 7) is 5.08. The van der Waals surface area contributed by atoms with Crippen LogP contribution in [0.25, 0.3) is 0 Å². The molecule has 2 N–H and O–H groups in total. The number of amides is 4. The molecule has 0 saturated carbocycles. The summed E-state index contributed by atoms with van der Waals surface area (Å²) in [5, 5.41) is 4.66. The summed E-state index contributed by atoms with van der Waals surface area (Å²) in [6.07, 6.45) is 1.25. The second-order valence-corrected chi connectivity index (χ2v) is 8.49. The fraction of sp³-hybridized carbons (Fsp3) is 0.500. The van der Waals surface area contributed by atoms with Crippen molar-refractivity contribution < 1.29 is 14.4 Å². The summed E-state index contributed by atoms with van der Waals surface area (Å²) < 4.78 is 0.908. The summed E-state index contributed by atoms with van der Waals surface area (Å²) in [7, 11) is 0. The predicted octanol–water partition coefficient (Wildman–Crippen LogP) is 2.21. The van der Waals surface area contributed by atoms with Gasteiger partial charge in [0.2, 0.25) is 11.8 Å². The zero-order valence-corrected chi connectivity index (χ0v) is 15.7. The predicted molar refractivity (Wildman–Crippen MR) is 96.0 cm³/mol. The minimum absolute atomic E-state index is 0.158. The molecule has 3 aliphatic heterocycles. The lowest BCUT2D eigenvalue weighted by molar-refractivity contribution is -0.148. The maximum absolute atomic E-state index is 12.9. The molecule has 4 rings (SSSR count). The molecule has 1 spiro atoms. The second kappa shape index (κ2) is 5.56. The topological polar surface area (TPSA) is 78.5 Å². The number of hydrogen-bond acceptors (Lipinski definition) is 4. The Morgan fingerprint density at radius 1 is 1.16 bits per heavy atom. The Labute approximate surface area is 154 Å². The first-order chi connectivity index (χ1) is 11.8. The van der Waals surface area contributed by atoms with Gasteiger partial charge in [-0.25, -0.2) is 4.79 Å². The molecule has 6 nitrogen and oxygen atoms in total. The van der Waals surface area contributed by atoms with E-state index in [2.05, 4.69) is 45.3 Å². The van der Waals surface area contributed by atoms with Crippen molar-refractivity contribution in [3.05, 3.63) is 28.2 Å². The maximum atomic E-state index is 12.9. The molecule has 0 bridgehead atoms. The number of fused-ring (bicyclic) bond motifs is 4. The van der Waals surface area contributed by atoms with Crippen LogP contribution in [-0.2, 0) is 16.0 Å². The van der Waals surface area contributed by atoms with Crippen LogP contribution in [0.2, 0.25) is 0 Å². The van der Waals surface area contributed by atoms with Crippen LogP contribution in [0, 0.1) is 17.3 Å². The highest BCUT2D eigenvalue weighted by molar-refractivity contribution is 9.10. The van der Waals surface area contributed by atoms with Crippen molar-refractivity contribution in [2.24, 2.45) is 17.3 Å². The van der Waals surface area contributed by atoms with E-state index >= 15 is 0 Å². The van der Waals surface area contributed by atoms with Crippen molar-refractivity contribution in [3.8, 4) is 0 Å². The summed E-state index contributed by atoms with van der Waals surface area (Å²) in [6, 6.07) is 5.01. The molecule has 4 amide bonds. The molecule has 3 atom stereocenters. The summed E-state index contributed by atoms with van der Waals surface area (Å²) in [5.41, 5.74) is 0.752. The van der Waals surface area contributed by atoms with Crippen molar-refractivity contribution in [1.82, 2.24) is 10.6 Å². The lowest BCUT2D eigenvalue weighted by Crippen LogP contribution is -2.73. The van der Waals surface area contributed by atoms with Crippen LogP contribution in [0.15, 0.2) is 22.7 Å². The van der Waals surface area contributed by atoms with Gasteiger partial charge < -0.3 is 4.90 Å². The van der Waals surface area contributed by atoms with Crippen LogP contribution in [0.4, 0.5) is 10.5 Å². The number of hydrogen-bond donors (Lipinski definition) is 2. The van der Waals surface area contributed by atoms with Gasteiger partial charge in [0, 0.05) is 16.7 Å². The first-order valence-electron chi connectivity index (χ1n) is 8.55. The first kappa shape index (κ1) is 16.6. The average Bonchev–Trinajstić information content (AvgIpc) is 2.51. The zero-order valence-electron chi connectivity index (χ0n) is 14.1. The molecule has 1 aromatic rings. The number of carbonyl (C=O) groups is 3. The Morgan fingerprint density at radius 3 is 2.52 bits per heavy atom. The fourth-order valence-electron chi connectivity index (χ4n) is 4.97. The largest absolute Gasteiger partial charge is 0.366 e. The summed E-state index contributed by atoms with van der Waals surface area (Å²) in [5.74, 6) is -0.342. The molecule has 3 aliphatic rings. The van der Waals surface area contributed by atoms with E-state index in [1.807, 2.05) is 18.2 Å². The van der Waals surface area contributed by atoms with Gasteiger partial charge in [0.05, 0.1) is 6.04 Å². The number of nitrogens with zero attached hydrogens (tertiary/aromatic N) is 1. The van der Waals surface area contributed by atoms with E-state index < -0.39 is 23.3 Å². The third-order valence-corrected chi connectivity index (χ3v) is 6.24. The summed E-state index contributed by atoms with van der Waals surface area (Å²) >= 11 is 3.48. The monoisotopic (exact) mass is 405 g/mol. The van der Waals surface area contributed by atoms with E-state index in [0.717, 1.165) is 28.7 Å². The van der Waals surface area contributed by atoms with Gasteiger partial charge >= 0.3 is 6.03 Å². The minimum Gasteiger partial charge on any atom is -0.366 e. The number of carbonyl (C=O) groups excluding carboxylic acids is 3. The molecule has 3 heterocycles. The van der Waals surface area contributed by atoms with Crippen molar-refractivity contribution in [3.63, 3.8) is 0 Å². The maximum Gasteiger partial charge on any atom is 0.328 e. The Bertz CT molecular complexity index is 774. The van der Waals surface area contributed by atoms with E-state index in [4.69, 9.17) is 0 Å². The number of urea groups is 1. The molecule has 7 heteroatoms. The lowest BCUT2D eigenvalue weighted by Gasteiger charge is -2.55. The number of halogens is 1. The van der Waals surface area contributed by atoms with Crippen LogP contribution in [0.3, 0.4) is 0 Å². The van der Waals surface area contributed by atoms with Crippen LogP contribution in [-0.4, -0.2) is 30.4 Å². The molecule has 2 unspecified atom stereocenters. The van der Waals surface area contributed by atoms with Crippen molar-refractivity contribution in [2.75, 3.05) is 11.4 Å². The Balaban J connectivity index is 1.92. The molecule has 132 valence electrons. The number of benzene rings is 1. The van der Waals surface area contributed by atoms with Crippen LogP contribution >= 0.6 is 15.9 Å². The molecule has 0 aliphatic carbocycles. The summed E-state index contributed by atoms with van der Waals surface area (Å²) in [4.78, 5) is 39.7. The van der Waals surface area contributed by atoms with Crippen molar-refractivity contribution in [1.29, 1.82) is 0 Å². The van der Waals surface area contributed by atoms with Gasteiger partial charge in [-0.2, -0.15) is 0 Å². The first-order valence-corrected chi connectivity index (χ1v) is 9.34. The van der Waals surface area contributed by atoms with E-state index in [9.17, 15) is 14.4 Å². The van der Waals surface area contributed by atoms with Gasteiger partial charge in [0.1, 0.15) is 0 Å². The van der Waals surface area contributed by atoms with Gasteiger partial charge in [-0.3, -0.25) is 20.2 Å². The van der Waals surface area contributed by atoms with E-state index in [0.29, 0.717) is 12.3 Å². The quantitative estimate of drug-likeness (QED) is 0.648. The third-order valence-electron chi connectivity index (χ3n) is 5.75.